The molecule has 0 aromatic carbocycles. The molecule has 3 rings (SSSR count). The number of hydrogen-bond donors (Lipinski definition) is 0. The number of ketones is 1. The summed E-state index contributed by atoms with van der Waals surface area (Å²) in [6.07, 6.45) is 8.40. The average Bonchev–Trinajstić information content (AvgIpc) is 2.87. The Bertz CT molecular complexity index is 659. The first-order valence-corrected chi connectivity index (χ1v) is 8.99. The Hall–Kier alpha value is -1.64. The minimum Gasteiger partial charge on any atom is -0.457 e. The number of hydrogen-bond acceptors (Lipinski definition) is 3. The third-order valence-corrected chi connectivity index (χ3v) is 5.90. The Kier molecular flexibility index (Phi) is 4.31. The lowest BCUT2D eigenvalue weighted by atomic mass is 9.95. The van der Waals surface area contributed by atoms with Gasteiger partial charge in [-0.1, -0.05) is 37.6 Å². The predicted molar refractivity (Wildman–Crippen MR) is 94.3 cm³/mol. The fraction of sp³-hybridized carbons (Fsp3) is 0.619. The molecule has 4 atom stereocenters. The zero-order chi connectivity index (χ0) is 17.6. The number of carbonyl (C=O) groups excluding carboxylic acids is 2. The van der Waals surface area contributed by atoms with Crippen LogP contribution < -0.4 is 0 Å². The molecule has 24 heavy (non-hydrogen) atoms. The first-order valence-electron chi connectivity index (χ1n) is 8.99. The minimum atomic E-state index is -0.363. The van der Waals surface area contributed by atoms with E-state index >= 15 is 0 Å². The van der Waals surface area contributed by atoms with Crippen LogP contribution >= 0.6 is 0 Å². The molecule has 0 aromatic rings. The van der Waals surface area contributed by atoms with Crippen LogP contribution in [0.3, 0.4) is 0 Å². The van der Waals surface area contributed by atoms with Gasteiger partial charge in [-0.2, -0.15) is 0 Å². The zero-order valence-electron chi connectivity index (χ0n) is 15.4. The van der Waals surface area contributed by atoms with Crippen molar-refractivity contribution in [1.82, 2.24) is 0 Å². The van der Waals surface area contributed by atoms with Crippen molar-refractivity contribution in [2.24, 2.45) is 23.2 Å². The number of ether oxygens (including phenoxy) is 1. The fourth-order valence-electron chi connectivity index (χ4n) is 4.34. The molecule has 130 valence electrons. The van der Waals surface area contributed by atoms with E-state index in [0.717, 1.165) is 24.0 Å². The van der Waals surface area contributed by atoms with E-state index in [-0.39, 0.29) is 41.0 Å². The zero-order valence-corrected chi connectivity index (χ0v) is 15.4. The van der Waals surface area contributed by atoms with Crippen molar-refractivity contribution >= 4 is 11.8 Å². The molecule has 0 bridgehead atoms. The molecule has 1 saturated carbocycles. The van der Waals surface area contributed by atoms with Gasteiger partial charge in [0.15, 0.2) is 5.78 Å². The Morgan fingerprint density at radius 2 is 2.04 bits per heavy atom. The van der Waals surface area contributed by atoms with Gasteiger partial charge in [-0.05, 0) is 50.5 Å². The van der Waals surface area contributed by atoms with Gasteiger partial charge in [0.2, 0.25) is 0 Å². The second kappa shape index (κ2) is 6.02. The first kappa shape index (κ1) is 17.2. The Morgan fingerprint density at radius 1 is 1.33 bits per heavy atom. The molecule has 3 aliphatic rings. The van der Waals surface area contributed by atoms with Gasteiger partial charge in [0, 0.05) is 11.5 Å². The Labute approximate surface area is 144 Å². The maximum Gasteiger partial charge on any atom is 0.310 e. The van der Waals surface area contributed by atoms with Crippen molar-refractivity contribution in [2.45, 2.75) is 60.0 Å². The highest BCUT2D eigenvalue weighted by atomic mass is 16.5. The van der Waals surface area contributed by atoms with Gasteiger partial charge in [0.1, 0.15) is 6.10 Å². The molecule has 0 unspecified atom stereocenters. The first-order chi connectivity index (χ1) is 11.2. The molecular weight excluding hydrogens is 300 g/mol. The van der Waals surface area contributed by atoms with Crippen LogP contribution in [0.1, 0.15) is 53.9 Å². The number of allylic oxidation sites excluding steroid dienone is 5. The third-order valence-electron chi connectivity index (χ3n) is 5.90. The van der Waals surface area contributed by atoms with E-state index in [4.69, 9.17) is 4.74 Å². The van der Waals surface area contributed by atoms with Crippen LogP contribution in [-0.4, -0.2) is 17.9 Å². The number of esters is 1. The summed E-state index contributed by atoms with van der Waals surface area (Å²) >= 11 is 0. The molecule has 0 radical (unpaired) electrons. The van der Waals surface area contributed by atoms with E-state index in [1.165, 1.54) is 5.57 Å². The molecule has 0 aromatic heterocycles. The van der Waals surface area contributed by atoms with E-state index in [0.29, 0.717) is 6.42 Å². The maximum absolute atomic E-state index is 12.6. The summed E-state index contributed by atoms with van der Waals surface area (Å²) in [6.45, 7) is 10.3. The molecular formula is C21H28O3. The van der Waals surface area contributed by atoms with Crippen LogP contribution in [0.25, 0.3) is 0 Å². The standard InChI is InChI=1S/C21H28O3/c1-12(2)10-15-19(21(15,4)5)20(23)24-17-11-16(22)18(13(17)3)14-8-6-7-9-14/h6,8,10,14-15,17,19H,7,9,11H2,1-5H3/t14-,15+,17+,19+/m0/s1. The number of rotatable bonds is 4. The SMILES string of the molecule is CC(C)=C[C@@H]1[C@H](C(=O)O[C@@H]2CC(=O)C([C@H]3C=CCC3)=C2C)C1(C)C. The summed E-state index contributed by atoms with van der Waals surface area (Å²) in [5.74, 6) is 0.372. The Balaban J connectivity index is 1.71. The summed E-state index contributed by atoms with van der Waals surface area (Å²) in [6, 6.07) is 0. The monoisotopic (exact) mass is 328 g/mol. The van der Waals surface area contributed by atoms with Crippen molar-refractivity contribution < 1.29 is 14.3 Å². The van der Waals surface area contributed by atoms with Gasteiger partial charge >= 0.3 is 5.97 Å². The molecule has 0 heterocycles. The number of carbonyl (C=O) groups is 2. The van der Waals surface area contributed by atoms with Crippen LogP contribution in [0.15, 0.2) is 34.9 Å². The van der Waals surface area contributed by atoms with Crippen LogP contribution in [0, 0.1) is 23.2 Å². The van der Waals surface area contributed by atoms with Gasteiger partial charge in [-0.15, -0.1) is 0 Å². The minimum absolute atomic E-state index is 0.0500. The van der Waals surface area contributed by atoms with Crippen molar-refractivity contribution in [3.63, 3.8) is 0 Å². The normalized spacial score (nSPS) is 33.8. The van der Waals surface area contributed by atoms with Gasteiger partial charge in [0.25, 0.3) is 0 Å². The van der Waals surface area contributed by atoms with Gasteiger partial charge in [0.05, 0.1) is 12.3 Å². The molecule has 0 spiro atoms. The fourth-order valence-corrected chi connectivity index (χ4v) is 4.34. The molecule has 3 aliphatic carbocycles. The molecule has 3 nitrogen and oxygen atoms in total. The van der Waals surface area contributed by atoms with Crippen molar-refractivity contribution in [1.29, 1.82) is 0 Å². The maximum atomic E-state index is 12.6. The van der Waals surface area contributed by atoms with E-state index in [1.807, 2.05) is 6.92 Å². The van der Waals surface area contributed by atoms with Crippen LogP contribution in [0.4, 0.5) is 0 Å². The van der Waals surface area contributed by atoms with E-state index in [9.17, 15) is 9.59 Å². The highest BCUT2D eigenvalue weighted by Gasteiger charge is 2.61. The lowest BCUT2D eigenvalue weighted by Gasteiger charge is -2.14. The topological polar surface area (TPSA) is 43.4 Å². The summed E-state index contributed by atoms with van der Waals surface area (Å²) in [4.78, 5) is 25.0. The summed E-state index contributed by atoms with van der Waals surface area (Å²) in [7, 11) is 0. The van der Waals surface area contributed by atoms with E-state index in [1.54, 1.807) is 0 Å². The second-order valence-corrected chi connectivity index (χ2v) is 8.33. The van der Waals surface area contributed by atoms with Crippen molar-refractivity contribution in [3.05, 3.63) is 34.9 Å². The lowest BCUT2D eigenvalue weighted by Crippen LogP contribution is -2.20. The highest BCUT2D eigenvalue weighted by Crippen LogP contribution is 2.60. The van der Waals surface area contributed by atoms with E-state index in [2.05, 4.69) is 45.9 Å². The van der Waals surface area contributed by atoms with Gasteiger partial charge < -0.3 is 4.74 Å². The molecule has 0 N–H and O–H groups in total. The molecule has 3 heteroatoms. The smallest absolute Gasteiger partial charge is 0.310 e. The highest BCUT2D eigenvalue weighted by molar-refractivity contribution is 6.00. The summed E-state index contributed by atoms with van der Waals surface area (Å²) in [5, 5.41) is 0. The average molecular weight is 328 g/mol. The van der Waals surface area contributed by atoms with Crippen LogP contribution in [0.2, 0.25) is 0 Å². The molecule has 0 amide bonds. The summed E-state index contributed by atoms with van der Waals surface area (Å²) in [5.41, 5.74) is 3.02. The molecule has 0 saturated heterocycles. The Morgan fingerprint density at radius 3 is 2.62 bits per heavy atom. The van der Waals surface area contributed by atoms with Crippen LogP contribution in [0.5, 0.6) is 0 Å². The quantitative estimate of drug-likeness (QED) is 0.568. The predicted octanol–water partition coefficient (Wildman–Crippen LogP) is 4.39. The van der Waals surface area contributed by atoms with Crippen LogP contribution in [-0.2, 0) is 14.3 Å². The second-order valence-electron chi connectivity index (χ2n) is 8.33. The number of Topliss-reactive ketones (excluding diaryl/α,β-unsaturated/α-hetero) is 1. The van der Waals surface area contributed by atoms with Gasteiger partial charge in [-0.3, -0.25) is 9.59 Å². The lowest BCUT2D eigenvalue weighted by molar-refractivity contribution is -0.150. The van der Waals surface area contributed by atoms with E-state index < -0.39 is 0 Å². The van der Waals surface area contributed by atoms with Crippen molar-refractivity contribution in [2.75, 3.05) is 0 Å². The third kappa shape index (κ3) is 2.89. The van der Waals surface area contributed by atoms with Crippen molar-refractivity contribution in [3.8, 4) is 0 Å². The molecule has 0 aliphatic heterocycles. The molecule has 1 fully saturated rings. The summed E-state index contributed by atoms with van der Waals surface area (Å²) < 4.78 is 5.78. The largest absolute Gasteiger partial charge is 0.457 e. The van der Waals surface area contributed by atoms with Gasteiger partial charge in [-0.25, -0.2) is 0 Å².